The van der Waals surface area contributed by atoms with Crippen molar-refractivity contribution >= 4 is 17.2 Å². The Hall–Kier alpha value is -1.90. The van der Waals surface area contributed by atoms with E-state index in [-0.39, 0.29) is 11.9 Å². The Morgan fingerprint density at radius 3 is 2.80 bits per heavy atom. The van der Waals surface area contributed by atoms with Gasteiger partial charge in [-0.1, -0.05) is 0 Å². The van der Waals surface area contributed by atoms with Gasteiger partial charge >= 0.3 is 0 Å². The van der Waals surface area contributed by atoms with Crippen molar-refractivity contribution in [2.45, 2.75) is 45.9 Å². The second kappa shape index (κ2) is 7.55. The molecule has 7 nitrogen and oxygen atoms in total. The molecule has 1 fully saturated rings. The van der Waals surface area contributed by atoms with E-state index in [4.69, 9.17) is 0 Å². The van der Waals surface area contributed by atoms with Crippen molar-refractivity contribution in [2.24, 2.45) is 0 Å². The van der Waals surface area contributed by atoms with Gasteiger partial charge in [0, 0.05) is 30.7 Å². The van der Waals surface area contributed by atoms with Crippen molar-refractivity contribution in [3.63, 3.8) is 0 Å². The maximum Gasteiger partial charge on any atom is 0.270 e. The molecule has 1 aliphatic rings. The Labute approximate surface area is 151 Å². The zero-order valence-electron chi connectivity index (χ0n) is 14.7. The molecule has 0 aliphatic carbocycles. The fraction of sp³-hybridized carbons (Fsp3) is 0.529. The van der Waals surface area contributed by atoms with E-state index in [1.807, 2.05) is 13.8 Å². The molecular weight excluding hydrogens is 338 g/mol. The van der Waals surface area contributed by atoms with E-state index in [9.17, 15) is 9.90 Å². The fourth-order valence-corrected chi connectivity index (χ4v) is 3.70. The van der Waals surface area contributed by atoms with Crippen molar-refractivity contribution in [1.82, 2.24) is 25.2 Å². The molecule has 0 bridgehead atoms. The molecule has 0 saturated carbocycles. The molecule has 1 amide bonds. The number of hydrogen-bond acceptors (Lipinski definition) is 7. The third kappa shape index (κ3) is 4.59. The molecule has 2 atom stereocenters. The minimum atomic E-state index is -0.610. The molecule has 0 unspecified atom stereocenters. The van der Waals surface area contributed by atoms with E-state index in [2.05, 4.69) is 30.5 Å². The number of hydrogen-bond donors (Lipinski definition) is 2. The molecule has 1 saturated heterocycles. The van der Waals surface area contributed by atoms with Gasteiger partial charge in [-0.05, 0) is 33.3 Å². The van der Waals surface area contributed by atoms with Crippen LogP contribution < -0.4 is 5.32 Å². The molecule has 8 heteroatoms. The van der Waals surface area contributed by atoms with E-state index >= 15 is 0 Å². The molecule has 1 aliphatic heterocycles. The Kier molecular flexibility index (Phi) is 5.41. The number of nitrogens with zero attached hydrogens (tertiary/aromatic N) is 4. The summed E-state index contributed by atoms with van der Waals surface area (Å²) in [5, 5.41) is 16.4. The van der Waals surface area contributed by atoms with Crippen LogP contribution in [0.1, 0.15) is 39.1 Å². The lowest BCUT2D eigenvalue weighted by Crippen LogP contribution is -2.53. The largest absolute Gasteiger partial charge is 0.390 e. The number of carbonyl (C=O) groups excluding carboxylic acids is 1. The Balaban J connectivity index is 1.57. The van der Waals surface area contributed by atoms with Gasteiger partial charge in [-0.3, -0.25) is 9.69 Å². The predicted molar refractivity (Wildman–Crippen MR) is 95.5 cm³/mol. The number of aryl methyl sites for hydroxylation is 3. The summed E-state index contributed by atoms with van der Waals surface area (Å²) in [7, 11) is 0. The monoisotopic (exact) mass is 361 g/mol. The van der Waals surface area contributed by atoms with Gasteiger partial charge in [-0.2, -0.15) is 0 Å². The highest BCUT2D eigenvalue weighted by atomic mass is 32.1. The van der Waals surface area contributed by atoms with Gasteiger partial charge in [0.25, 0.3) is 5.91 Å². The molecule has 2 aromatic rings. The topological polar surface area (TPSA) is 91.2 Å². The number of nitrogens with one attached hydrogen (secondary N) is 1. The molecule has 0 aromatic carbocycles. The van der Waals surface area contributed by atoms with E-state index in [1.165, 1.54) is 0 Å². The second-order valence-electron chi connectivity index (χ2n) is 6.47. The van der Waals surface area contributed by atoms with Crippen LogP contribution >= 0.6 is 11.3 Å². The quantitative estimate of drug-likeness (QED) is 0.851. The smallest absolute Gasteiger partial charge is 0.270 e. The molecule has 0 spiro atoms. The molecule has 3 heterocycles. The summed E-state index contributed by atoms with van der Waals surface area (Å²) in [5.74, 6) is 0.306. The van der Waals surface area contributed by atoms with Gasteiger partial charge in [0.05, 0.1) is 22.8 Å². The zero-order chi connectivity index (χ0) is 18.0. The lowest BCUT2D eigenvalue weighted by molar-refractivity contribution is 0.0344. The van der Waals surface area contributed by atoms with Gasteiger partial charge in [-0.25, -0.2) is 15.0 Å². The first kappa shape index (κ1) is 17.9. The van der Waals surface area contributed by atoms with E-state index < -0.39 is 6.10 Å². The number of amides is 1. The van der Waals surface area contributed by atoms with Crippen LogP contribution in [-0.2, 0) is 6.54 Å². The van der Waals surface area contributed by atoms with Crippen LogP contribution in [-0.4, -0.2) is 56.1 Å². The first-order valence-electron chi connectivity index (χ1n) is 8.35. The number of aliphatic hydroxyl groups is 1. The van der Waals surface area contributed by atoms with Crippen molar-refractivity contribution in [1.29, 1.82) is 0 Å². The van der Waals surface area contributed by atoms with E-state index in [0.29, 0.717) is 24.5 Å². The number of aliphatic hydroxyl groups excluding tert-OH is 1. The first-order valence-corrected chi connectivity index (χ1v) is 9.23. The fourth-order valence-electron chi connectivity index (χ4n) is 3.09. The molecule has 2 aromatic heterocycles. The van der Waals surface area contributed by atoms with Gasteiger partial charge in [0.1, 0.15) is 11.5 Å². The van der Waals surface area contributed by atoms with Crippen LogP contribution in [0.2, 0.25) is 0 Å². The summed E-state index contributed by atoms with van der Waals surface area (Å²) in [6, 6.07) is 1.39. The number of carbonyl (C=O) groups is 1. The predicted octanol–water partition coefficient (Wildman–Crippen LogP) is 1.22. The molecule has 134 valence electrons. The number of rotatable bonds is 4. The Morgan fingerprint density at radius 2 is 2.16 bits per heavy atom. The standard InChI is InChI=1S/C17H23N5O2S/c1-10-6-15(19-11(2)18-10)17(24)21-14-4-5-22(8-16(14)23)7-13-9-25-12(3)20-13/h6,9,14,16,23H,4-5,7-8H2,1-3H3,(H,21,24)/t14-,16-/m1/s1. The Bertz CT molecular complexity index is 743. The van der Waals surface area contributed by atoms with Crippen LogP contribution in [0.4, 0.5) is 0 Å². The molecular formula is C17H23N5O2S. The van der Waals surface area contributed by atoms with Crippen LogP contribution in [0.5, 0.6) is 0 Å². The number of aromatic nitrogens is 3. The Morgan fingerprint density at radius 1 is 1.36 bits per heavy atom. The first-order chi connectivity index (χ1) is 11.9. The van der Waals surface area contributed by atoms with Crippen molar-refractivity contribution in [3.05, 3.63) is 39.4 Å². The summed E-state index contributed by atoms with van der Waals surface area (Å²) >= 11 is 1.63. The summed E-state index contributed by atoms with van der Waals surface area (Å²) in [6.07, 6.45) is 0.0838. The van der Waals surface area contributed by atoms with Gasteiger partial charge in [0.15, 0.2) is 0 Å². The normalized spacial score (nSPS) is 21.3. The summed E-state index contributed by atoms with van der Waals surface area (Å²) < 4.78 is 0. The second-order valence-corrected chi connectivity index (χ2v) is 7.53. The minimum absolute atomic E-state index is 0.263. The average Bonchev–Trinajstić information content (AvgIpc) is 2.94. The third-order valence-electron chi connectivity index (χ3n) is 4.23. The van der Waals surface area contributed by atoms with Crippen LogP contribution in [0.3, 0.4) is 0 Å². The lowest BCUT2D eigenvalue weighted by atomic mass is 10.0. The van der Waals surface area contributed by atoms with Gasteiger partial charge in [0.2, 0.25) is 0 Å². The summed E-state index contributed by atoms with van der Waals surface area (Å²) in [6.45, 7) is 7.63. The van der Waals surface area contributed by atoms with Crippen molar-refractivity contribution in [2.75, 3.05) is 13.1 Å². The number of likely N-dealkylation sites (tertiary alicyclic amines) is 1. The highest BCUT2D eigenvalue weighted by Gasteiger charge is 2.29. The SMILES string of the molecule is Cc1cc(C(=O)N[C@@H]2CCN(Cc3csc(C)n3)C[C@H]2O)nc(C)n1. The summed E-state index contributed by atoms with van der Waals surface area (Å²) in [4.78, 5) is 27.4. The maximum atomic E-state index is 12.4. The van der Waals surface area contributed by atoms with Crippen LogP contribution in [0.15, 0.2) is 11.4 Å². The highest BCUT2D eigenvalue weighted by molar-refractivity contribution is 7.09. The number of β-amino-alcohol motifs (C(OH)–C–C–N with tert-alkyl or cyclic N) is 1. The average molecular weight is 361 g/mol. The third-order valence-corrected chi connectivity index (χ3v) is 5.06. The van der Waals surface area contributed by atoms with Gasteiger partial charge < -0.3 is 10.4 Å². The molecule has 2 N–H and O–H groups in total. The lowest BCUT2D eigenvalue weighted by Gasteiger charge is -2.35. The maximum absolute atomic E-state index is 12.4. The minimum Gasteiger partial charge on any atom is -0.390 e. The number of thiazole rings is 1. The van der Waals surface area contributed by atoms with Crippen LogP contribution in [0.25, 0.3) is 0 Å². The van der Waals surface area contributed by atoms with E-state index in [0.717, 1.165) is 29.5 Å². The van der Waals surface area contributed by atoms with Crippen molar-refractivity contribution < 1.29 is 9.90 Å². The molecule has 0 radical (unpaired) electrons. The van der Waals surface area contributed by atoms with Crippen LogP contribution in [0, 0.1) is 20.8 Å². The van der Waals surface area contributed by atoms with Crippen molar-refractivity contribution in [3.8, 4) is 0 Å². The molecule has 3 rings (SSSR count). The van der Waals surface area contributed by atoms with E-state index in [1.54, 1.807) is 24.3 Å². The zero-order valence-corrected chi connectivity index (χ0v) is 15.5. The van der Waals surface area contributed by atoms with Gasteiger partial charge in [-0.15, -0.1) is 11.3 Å². The highest BCUT2D eigenvalue weighted by Crippen LogP contribution is 2.16. The molecule has 25 heavy (non-hydrogen) atoms. The summed E-state index contributed by atoms with van der Waals surface area (Å²) in [5.41, 5.74) is 2.13. The number of piperidine rings is 1.